The van der Waals surface area contributed by atoms with Gasteiger partial charge in [0.1, 0.15) is 11.2 Å². The highest BCUT2D eigenvalue weighted by Gasteiger charge is 2.18. The smallest absolute Gasteiger partial charge is 0.282 e. The number of hydrogen-bond acceptors (Lipinski definition) is 3. The van der Waals surface area contributed by atoms with Crippen LogP contribution in [0.2, 0.25) is 5.28 Å². The maximum absolute atomic E-state index is 12.5. The summed E-state index contributed by atoms with van der Waals surface area (Å²) in [4.78, 5) is 11.0. The van der Waals surface area contributed by atoms with Crippen molar-refractivity contribution in [1.82, 2.24) is 19.5 Å². The average Bonchev–Trinajstić information content (AvgIpc) is 2.47. The van der Waals surface area contributed by atoms with E-state index in [0.29, 0.717) is 5.65 Å². The van der Waals surface area contributed by atoms with E-state index in [9.17, 15) is 8.78 Å². The molecule has 0 amide bonds. The molecule has 4 nitrogen and oxygen atoms in total. The molecule has 2 heterocycles. The maximum atomic E-state index is 12.5. The van der Waals surface area contributed by atoms with Gasteiger partial charge in [0.05, 0.1) is 6.33 Å². The lowest BCUT2D eigenvalue weighted by atomic mass is 10.4. The number of rotatable bonds is 1. The standard InChI is InChI=1S/C7H5ClF2N4/c1-14-2-11-4-3(5(9)10)12-7(8)13-6(4)14/h2,5H,1H3. The highest BCUT2D eigenvalue weighted by Crippen LogP contribution is 2.24. The largest absolute Gasteiger partial charge is 0.318 e. The number of imidazole rings is 1. The molecule has 0 aliphatic rings. The van der Waals surface area contributed by atoms with Gasteiger partial charge >= 0.3 is 0 Å². The third-order valence-electron chi connectivity index (χ3n) is 1.77. The fourth-order valence-corrected chi connectivity index (χ4v) is 1.32. The lowest BCUT2D eigenvalue weighted by molar-refractivity contribution is 0.147. The number of fused-ring (bicyclic) bond motifs is 1. The van der Waals surface area contributed by atoms with Crippen LogP contribution in [0.4, 0.5) is 8.78 Å². The molecule has 7 heteroatoms. The molecule has 0 saturated carbocycles. The van der Waals surface area contributed by atoms with Crippen molar-refractivity contribution in [3.63, 3.8) is 0 Å². The molecule has 0 atom stereocenters. The van der Waals surface area contributed by atoms with Crippen molar-refractivity contribution in [2.24, 2.45) is 7.05 Å². The molecule has 0 bridgehead atoms. The number of nitrogens with zero attached hydrogens (tertiary/aromatic N) is 4. The third kappa shape index (κ3) is 1.31. The van der Waals surface area contributed by atoms with Crippen LogP contribution >= 0.6 is 11.6 Å². The van der Waals surface area contributed by atoms with E-state index >= 15 is 0 Å². The van der Waals surface area contributed by atoms with Crippen molar-refractivity contribution in [3.8, 4) is 0 Å². The summed E-state index contributed by atoms with van der Waals surface area (Å²) in [6.45, 7) is 0. The monoisotopic (exact) mass is 218 g/mol. The third-order valence-corrected chi connectivity index (χ3v) is 1.94. The van der Waals surface area contributed by atoms with Gasteiger partial charge in [-0.15, -0.1) is 0 Å². The highest BCUT2D eigenvalue weighted by molar-refractivity contribution is 6.28. The van der Waals surface area contributed by atoms with Gasteiger partial charge in [-0.3, -0.25) is 0 Å². The molecule has 0 aliphatic heterocycles. The second kappa shape index (κ2) is 3.13. The summed E-state index contributed by atoms with van der Waals surface area (Å²) < 4.78 is 26.5. The molecule has 74 valence electrons. The van der Waals surface area contributed by atoms with E-state index in [2.05, 4.69) is 15.0 Å². The van der Waals surface area contributed by atoms with Crippen LogP contribution in [-0.4, -0.2) is 19.5 Å². The van der Waals surface area contributed by atoms with Crippen molar-refractivity contribution < 1.29 is 8.78 Å². The van der Waals surface area contributed by atoms with Crippen molar-refractivity contribution in [1.29, 1.82) is 0 Å². The molecule has 2 aromatic heterocycles. The molecule has 0 spiro atoms. The summed E-state index contributed by atoms with van der Waals surface area (Å²) in [5.41, 5.74) is -0.0344. The van der Waals surface area contributed by atoms with Gasteiger partial charge in [-0.05, 0) is 11.6 Å². The molecule has 2 aromatic rings. The number of alkyl halides is 2. The van der Waals surface area contributed by atoms with E-state index < -0.39 is 12.1 Å². The Morgan fingerprint density at radius 1 is 1.43 bits per heavy atom. The van der Waals surface area contributed by atoms with Crippen LogP contribution < -0.4 is 0 Å². The fourth-order valence-electron chi connectivity index (χ4n) is 1.15. The molecule has 0 saturated heterocycles. The van der Waals surface area contributed by atoms with Gasteiger partial charge in [0.25, 0.3) is 6.43 Å². The van der Waals surface area contributed by atoms with Crippen LogP contribution in [0.1, 0.15) is 12.1 Å². The summed E-state index contributed by atoms with van der Waals surface area (Å²) in [7, 11) is 1.65. The fraction of sp³-hybridized carbons (Fsp3) is 0.286. The van der Waals surface area contributed by atoms with E-state index in [1.165, 1.54) is 10.9 Å². The van der Waals surface area contributed by atoms with Crippen LogP contribution in [0, 0.1) is 0 Å². The van der Waals surface area contributed by atoms with Crippen LogP contribution in [0.15, 0.2) is 6.33 Å². The maximum Gasteiger partial charge on any atom is 0.282 e. The Balaban J connectivity index is 2.82. The molecular formula is C7H5ClF2N4. The van der Waals surface area contributed by atoms with Gasteiger partial charge < -0.3 is 4.57 Å². The van der Waals surface area contributed by atoms with Gasteiger partial charge in [-0.25, -0.2) is 18.7 Å². The molecule has 0 radical (unpaired) electrons. The molecule has 2 rings (SSSR count). The van der Waals surface area contributed by atoms with Crippen molar-refractivity contribution >= 4 is 22.8 Å². The minimum Gasteiger partial charge on any atom is -0.318 e. The van der Waals surface area contributed by atoms with E-state index in [0.717, 1.165) is 0 Å². The first kappa shape index (κ1) is 9.26. The van der Waals surface area contributed by atoms with Crippen molar-refractivity contribution in [2.45, 2.75) is 6.43 Å². The Morgan fingerprint density at radius 2 is 2.14 bits per heavy atom. The summed E-state index contributed by atoms with van der Waals surface area (Å²) in [6, 6.07) is 0. The minimum absolute atomic E-state index is 0.0897. The zero-order valence-corrected chi connectivity index (χ0v) is 7.83. The SMILES string of the molecule is Cn1cnc2c(C(F)F)nc(Cl)nc21. The normalized spacial score (nSPS) is 11.5. The zero-order chi connectivity index (χ0) is 10.3. The number of halogens is 3. The van der Waals surface area contributed by atoms with E-state index in [1.54, 1.807) is 7.05 Å². The Kier molecular flexibility index (Phi) is 2.07. The van der Waals surface area contributed by atoms with Crippen LogP contribution in [0.5, 0.6) is 0 Å². The lowest BCUT2D eigenvalue weighted by Crippen LogP contribution is -1.97. The Morgan fingerprint density at radius 3 is 2.79 bits per heavy atom. The topological polar surface area (TPSA) is 43.6 Å². The van der Waals surface area contributed by atoms with Gasteiger partial charge in [0, 0.05) is 7.05 Å². The Hall–Kier alpha value is -1.30. The summed E-state index contributed by atoms with van der Waals surface area (Å²) in [5, 5.41) is -0.198. The Bertz CT molecular complexity index is 482. The van der Waals surface area contributed by atoms with Gasteiger partial charge in [0.2, 0.25) is 5.28 Å². The molecule has 14 heavy (non-hydrogen) atoms. The quantitative estimate of drug-likeness (QED) is 0.688. The number of aromatic nitrogens is 4. The average molecular weight is 219 g/mol. The molecule has 0 aromatic carbocycles. The first-order chi connectivity index (χ1) is 6.59. The summed E-state index contributed by atoms with van der Waals surface area (Å²) in [6.07, 6.45) is -1.31. The molecule has 0 fully saturated rings. The van der Waals surface area contributed by atoms with Gasteiger partial charge in [0.15, 0.2) is 5.65 Å². The summed E-state index contributed by atoms with van der Waals surface area (Å²) in [5.74, 6) is 0. The molecule has 0 N–H and O–H groups in total. The predicted molar refractivity (Wildman–Crippen MR) is 46.3 cm³/mol. The second-order valence-electron chi connectivity index (χ2n) is 2.71. The van der Waals surface area contributed by atoms with E-state index in [1.807, 2.05) is 0 Å². The summed E-state index contributed by atoms with van der Waals surface area (Å²) >= 11 is 5.50. The van der Waals surface area contributed by atoms with Crippen LogP contribution in [-0.2, 0) is 7.05 Å². The molecule has 0 unspecified atom stereocenters. The minimum atomic E-state index is -2.70. The van der Waals surface area contributed by atoms with E-state index in [-0.39, 0.29) is 10.8 Å². The van der Waals surface area contributed by atoms with E-state index in [4.69, 9.17) is 11.6 Å². The first-order valence-electron chi connectivity index (χ1n) is 3.72. The van der Waals surface area contributed by atoms with Crippen LogP contribution in [0.3, 0.4) is 0 Å². The predicted octanol–water partition coefficient (Wildman–Crippen LogP) is 1.95. The van der Waals surface area contributed by atoms with Gasteiger partial charge in [-0.2, -0.15) is 4.98 Å². The Labute approximate surface area is 82.6 Å². The van der Waals surface area contributed by atoms with Crippen molar-refractivity contribution in [2.75, 3.05) is 0 Å². The number of aryl methyl sites for hydroxylation is 1. The highest BCUT2D eigenvalue weighted by atomic mass is 35.5. The number of hydrogen-bond donors (Lipinski definition) is 0. The van der Waals surface area contributed by atoms with Gasteiger partial charge in [-0.1, -0.05) is 0 Å². The van der Waals surface area contributed by atoms with Crippen molar-refractivity contribution in [3.05, 3.63) is 17.3 Å². The first-order valence-corrected chi connectivity index (χ1v) is 4.10. The molecule has 0 aliphatic carbocycles. The second-order valence-corrected chi connectivity index (χ2v) is 3.04. The molecular weight excluding hydrogens is 214 g/mol. The lowest BCUT2D eigenvalue weighted by Gasteiger charge is -2.00. The zero-order valence-electron chi connectivity index (χ0n) is 7.08. The van der Waals surface area contributed by atoms with Crippen LogP contribution in [0.25, 0.3) is 11.2 Å².